The van der Waals surface area contributed by atoms with E-state index in [0.717, 1.165) is 11.3 Å². The quantitative estimate of drug-likeness (QED) is 0.834. The number of hydrogen-bond acceptors (Lipinski definition) is 4. The van der Waals surface area contributed by atoms with Crippen LogP contribution in [0.4, 0.5) is 0 Å². The predicted molar refractivity (Wildman–Crippen MR) is 88.5 cm³/mol. The zero-order valence-corrected chi connectivity index (χ0v) is 14.2. The Morgan fingerprint density at radius 3 is 2.71 bits per heavy atom. The molecule has 24 heavy (non-hydrogen) atoms. The number of likely N-dealkylation sites (tertiary alicyclic amines) is 1. The Bertz CT molecular complexity index is 602. The van der Waals surface area contributed by atoms with E-state index in [0.29, 0.717) is 39.2 Å². The molecular formula is C18H24N2O4. The SMILES string of the molecule is COc1ccc(CN2C[C@@H](C(=O)N3CCO[C@H](C)C3)CC2=O)cc1. The molecule has 3 rings (SSSR count). The van der Waals surface area contributed by atoms with Crippen molar-refractivity contribution < 1.29 is 19.1 Å². The fraction of sp³-hybridized carbons (Fsp3) is 0.556. The summed E-state index contributed by atoms with van der Waals surface area (Å²) in [4.78, 5) is 28.5. The van der Waals surface area contributed by atoms with E-state index in [1.54, 1.807) is 12.0 Å². The van der Waals surface area contributed by atoms with Crippen molar-refractivity contribution in [2.75, 3.05) is 33.4 Å². The van der Waals surface area contributed by atoms with Crippen LogP contribution in [0, 0.1) is 5.92 Å². The zero-order valence-electron chi connectivity index (χ0n) is 14.2. The standard InChI is InChI=1S/C18H24N2O4/c1-13-10-19(7-8-24-13)18(22)15-9-17(21)20(12-15)11-14-3-5-16(23-2)6-4-14/h3-6,13,15H,7-12H2,1-2H3/t13-,15+/m1/s1. The Hall–Kier alpha value is -2.08. The van der Waals surface area contributed by atoms with Crippen molar-refractivity contribution in [3.8, 4) is 5.75 Å². The fourth-order valence-corrected chi connectivity index (χ4v) is 3.32. The summed E-state index contributed by atoms with van der Waals surface area (Å²) in [5, 5.41) is 0. The van der Waals surface area contributed by atoms with Crippen LogP contribution in [0.3, 0.4) is 0 Å². The number of carbonyl (C=O) groups is 2. The molecule has 0 spiro atoms. The molecule has 0 unspecified atom stereocenters. The van der Waals surface area contributed by atoms with Gasteiger partial charge in [-0.15, -0.1) is 0 Å². The van der Waals surface area contributed by atoms with E-state index in [2.05, 4.69) is 0 Å². The first kappa shape index (κ1) is 16.8. The lowest BCUT2D eigenvalue weighted by molar-refractivity contribution is -0.142. The molecule has 130 valence electrons. The van der Waals surface area contributed by atoms with Crippen molar-refractivity contribution in [2.45, 2.75) is 26.0 Å². The molecule has 0 aromatic heterocycles. The van der Waals surface area contributed by atoms with Crippen molar-refractivity contribution >= 4 is 11.8 Å². The monoisotopic (exact) mass is 332 g/mol. The first-order valence-electron chi connectivity index (χ1n) is 8.38. The van der Waals surface area contributed by atoms with Gasteiger partial charge in [0.1, 0.15) is 5.75 Å². The van der Waals surface area contributed by atoms with E-state index in [9.17, 15) is 9.59 Å². The van der Waals surface area contributed by atoms with E-state index in [-0.39, 0.29) is 23.8 Å². The van der Waals surface area contributed by atoms with Crippen molar-refractivity contribution in [2.24, 2.45) is 5.92 Å². The topological polar surface area (TPSA) is 59.1 Å². The summed E-state index contributed by atoms with van der Waals surface area (Å²) in [5.41, 5.74) is 1.04. The fourth-order valence-electron chi connectivity index (χ4n) is 3.32. The number of amides is 2. The van der Waals surface area contributed by atoms with Crippen molar-refractivity contribution in [3.63, 3.8) is 0 Å². The molecule has 2 aliphatic rings. The maximum absolute atomic E-state index is 12.6. The largest absolute Gasteiger partial charge is 0.497 e. The third kappa shape index (κ3) is 3.70. The minimum atomic E-state index is -0.235. The van der Waals surface area contributed by atoms with Gasteiger partial charge in [-0.05, 0) is 24.6 Å². The highest BCUT2D eigenvalue weighted by atomic mass is 16.5. The van der Waals surface area contributed by atoms with Crippen LogP contribution in [0.1, 0.15) is 18.9 Å². The first-order valence-corrected chi connectivity index (χ1v) is 8.38. The number of rotatable bonds is 4. The highest BCUT2D eigenvalue weighted by Gasteiger charge is 2.37. The molecule has 6 nitrogen and oxygen atoms in total. The predicted octanol–water partition coefficient (Wildman–Crippen LogP) is 1.29. The van der Waals surface area contributed by atoms with Gasteiger partial charge >= 0.3 is 0 Å². The summed E-state index contributed by atoms with van der Waals surface area (Å²) >= 11 is 0. The van der Waals surface area contributed by atoms with Gasteiger partial charge in [0.2, 0.25) is 11.8 Å². The summed E-state index contributed by atoms with van der Waals surface area (Å²) in [6.07, 6.45) is 0.371. The third-order valence-corrected chi connectivity index (χ3v) is 4.65. The minimum absolute atomic E-state index is 0.0467. The molecule has 0 saturated carbocycles. The Morgan fingerprint density at radius 1 is 1.29 bits per heavy atom. The van der Waals surface area contributed by atoms with Crippen LogP contribution in [0.15, 0.2) is 24.3 Å². The Morgan fingerprint density at radius 2 is 2.04 bits per heavy atom. The lowest BCUT2D eigenvalue weighted by Crippen LogP contribution is -2.47. The molecule has 2 heterocycles. The van der Waals surface area contributed by atoms with E-state index < -0.39 is 0 Å². The van der Waals surface area contributed by atoms with E-state index in [1.807, 2.05) is 36.1 Å². The number of carbonyl (C=O) groups excluding carboxylic acids is 2. The minimum Gasteiger partial charge on any atom is -0.497 e. The molecule has 2 atom stereocenters. The summed E-state index contributed by atoms with van der Waals surface area (Å²) in [7, 11) is 1.63. The van der Waals surface area contributed by atoms with Crippen molar-refractivity contribution in [3.05, 3.63) is 29.8 Å². The summed E-state index contributed by atoms with van der Waals surface area (Å²) in [6, 6.07) is 7.66. The second-order valence-corrected chi connectivity index (χ2v) is 6.49. The second-order valence-electron chi connectivity index (χ2n) is 6.49. The van der Waals surface area contributed by atoms with Gasteiger partial charge in [-0.25, -0.2) is 0 Å². The smallest absolute Gasteiger partial charge is 0.228 e. The normalized spacial score (nSPS) is 24.3. The van der Waals surface area contributed by atoms with E-state index in [1.165, 1.54) is 0 Å². The molecule has 0 radical (unpaired) electrons. The molecule has 0 aliphatic carbocycles. The number of hydrogen-bond donors (Lipinski definition) is 0. The lowest BCUT2D eigenvalue weighted by atomic mass is 10.1. The molecule has 6 heteroatoms. The highest BCUT2D eigenvalue weighted by molar-refractivity contribution is 5.89. The molecule has 1 aromatic rings. The van der Waals surface area contributed by atoms with Gasteiger partial charge in [0.15, 0.2) is 0 Å². The maximum Gasteiger partial charge on any atom is 0.228 e. The molecule has 2 fully saturated rings. The third-order valence-electron chi connectivity index (χ3n) is 4.65. The van der Waals surface area contributed by atoms with Crippen molar-refractivity contribution in [1.29, 1.82) is 0 Å². The molecular weight excluding hydrogens is 308 g/mol. The highest BCUT2D eigenvalue weighted by Crippen LogP contribution is 2.23. The summed E-state index contributed by atoms with van der Waals surface area (Å²) in [5.74, 6) is 0.684. The van der Waals surface area contributed by atoms with Gasteiger partial charge in [-0.3, -0.25) is 9.59 Å². The number of ether oxygens (including phenoxy) is 2. The maximum atomic E-state index is 12.6. The van der Waals surface area contributed by atoms with Gasteiger partial charge < -0.3 is 19.3 Å². The zero-order chi connectivity index (χ0) is 17.1. The molecule has 0 bridgehead atoms. The Kier molecular flexibility index (Phi) is 5.04. The number of methoxy groups -OCH3 is 1. The van der Waals surface area contributed by atoms with E-state index >= 15 is 0 Å². The Balaban J connectivity index is 1.59. The average Bonchev–Trinajstić information content (AvgIpc) is 2.95. The van der Waals surface area contributed by atoms with Gasteiger partial charge in [0.05, 0.1) is 25.7 Å². The number of benzene rings is 1. The van der Waals surface area contributed by atoms with Crippen molar-refractivity contribution in [1.82, 2.24) is 9.80 Å². The van der Waals surface area contributed by atoms with Gasteiger partial charge in [-0.1, -0.05) is 12.1 Å². The lowest BCUT2D eigenvalue weighted by Gasteiger charge is -2.32. The van der Waals surface area contributed by atoms with Crippen LogP contribution in [-0.2, 0) is 20.9 Å². The van der Waals surface area contributed by atoms with Gasteiger partial charge in [-0.2, -0.15) is 0 Å². The van der Waals surface area contributed by atoms with Crippen LogP contribution in [0.25, 0.3) is 0 Å². The Labute approximate surface area is 142 Å². The number of nitrogens with zero attached hydrogens (tertiary/aromatic N) is 2. The first-order chi connectivity index (χ1) is 11.6. The van der Waals surface area contributed by atoms with Crippen LogP contribution in [-0.4, -0.2) is 61.1 Å². The number of morpholine rings is 1. The van der Waals surface area contributed by atoms with Crippen LogP contribution < -0.4 is 4.74 Å². The summed E-state index contributed by atoms with van der Waals surface area (Å²) < 4.78 is 10.6. The summed E-state index contributed by atoms with van der Waals surface area (Å²) in [6.45, 7) is 4.80. The van der Waals surface area contributed by atoms with Crippen LogP contribution >= 0.6 is 0 Å². The molecule has 2 saturated heterocycles. The molecule has 2 amide bonds. The van der Waals surface area contributed by atoms with Gasteiger partial charge in [0.25, 0.3) is 0 Å². The van der Waals surface area contributed by atoms with Crippen LogP contribution in [0.5, 0.6) is 5.75 Å². The molecule has 0 N–H and O–H groups in total. The average molecular weight is 332 g/mol. The van der Waals surface area contributed by atoms with Gasteiger partial charge in [0, 0.05) is 32.6 Å². The molecule has 1 aromatic carbocycles. The van der Waals surface area contributed by atoms with E-state index in [4.69, 9.17) is 9.47 Å². The second kappa shape index (κ2) is 7.21. The molecule has 2 aliphatic heterocycles. The van der Waals surface area contributed by atoms with Crippen LogP contribution in [0.2, 0.25) is 0 Å².